The molecule has 1 aromatic heterocycles. The first kappa shape index (κ1) is 15.6. The molecule has 1 heterocycles. The molecule has 1 aromatic rings. The Kier molecular flexibility index (Phi) is 5.07. The number of hydrogen-bond acceptors (Lipinski definition) is 4. The van der Waals surface area contributed by atoms with E-state index in [0.29, 0.717) is 25.2 Å². The number of sulfonamides is 1. The highest BCUT2D eigenvalue weighted by molar-refractivity contribution is 7.89. The standard InChI is InChI=1S/C11H20N4O3S/c1-4-7-15(6-3)11(16)9-10(19(12,17)18)8(5-2)13-14-9/h4-7H2,1-3H3,(H,13,14)(H2,12,17,18). The molecule has 0 saturated heterocycles. The molecule has 1 amide bonds. The minimum atomic E-state index is -3.98. The number of carbonyl (C=O) groups is 1. The summed E-state index contributed by atoms with van der Waals surface area (Å²) in [5.41, 5.74) is 0.244. The van der Waals surface area contributed by atoms with Gasteiger partial charge in [0.2, 0.25) is 10.0 Å². The molecule has 19 heavy (non-hydrogen) atoms. The number of aryl methyl sites for hydroxylation is 1. The van der Waals surface area contributed by atoms with E-state index in [2.05, 4.69) is 10.2 Å². The Balaban J connectivity index is 3.28. The summed E-state index contributed by atoms with van der Waals surface area (Å²) in [5.74, 6) is -0.413. The van der Waals surface area contributed by atoms with Crippen LogP contribution in [-0.4, -0.2) is 42.5 Å². The predicted molar refractivity (Wildman–Crippen MR) is 71.2 cm³/mol. The minimum Gasteiger partial charge on any atom is -0.338 e. The molecule has 1 rings (SSSR count). The van der Waals surface area contributed by atoms with E-state index in [1.807, 2.05) is 13.8 Å². The van der Waals surface area contributed by atoms with E-state index in [-0.39, 0.29) is 10.6 Å². The van der Waals surface area contributed by atoms with Crippen LogP contribution in [-0.2, 0) is 16.4 Å². The number of nitrogens with zero attached hydrogens (tertiary/aromatic N) is 2. The first-order valence-electron chi connectivity index (χ1n) is 6.26. The lowest BCUT2D eigenvalue weighted by Gasteiger charge is -2.19. The topological polar surface area (TPSA) is 109 Å². The smallest absolute Gasteiger partial charge is 0.275 e. The van der Waals surface area contributed by atoms with Gasteiger partial charge in [0, 0.05) is 13.1 Å². The Hall–Kier alpha value is -1.41. The van der Waals surface area contributed by atoms with Crippen LogP contribution in [0.15, 0.2) is 4.90 Å². The lowest BCUT2D eigenvalue weighted by Crippen LogP contribution is -2.33. The van der Waals surface area contributed by atoms with E-state index < -0.39 is 15.9 Å². The summed E-state index contributed by atoms with van der Waals surface area (Å²) in [6.07, 6.45) is 1.20. The summed E-state index contributed by atoms with van der Waals surface area (Å²) in [4.78, 5) is 13.6. The zero-order valence-corrected chi connectivity index (χ0v) is 12.2. The van der Waals surface area contributed by atoms with Gasteiger partial charge in [-0.05, 0) is 19.8 Å². The summed E-state index contributed by atoms with van der Waals surface area (Å²) in [6.45, 7) is 6.58. The third-order valence-electron chi connectivity index (χ3n) is 2.79. The molecule has 0 aliphatic heterocycles. The number of carbonyl (C=O) groups excluding carboxylic acids is 1. The van der Waals surface area contributed by atoms with Crippen LogP contribution in [0.1, 0.15) is 43.4 Å². The molecule has 108 valence electrons. The molecule has 0 bridgehead atoms. The van der Waals surface area contributed by atoms with Crippen molar-refractivity contribution in [2.75, 3.05) is 13.1 Å². The Morgan fingerprint density at radius 2 is 2.00 bits per heavy atom. The van der Waals surface area contributed by atoms with Gasteiger partial charge in [-0.25, -0.2) is 13.6 Å². The Bertz CT molecular complexity index is 550. The average molecular weight is 288 g/mol. The second-order valence-corrected chi connectivity index (χ2v) is 5.66. The van der Waals surface area contributed by atoms with Gasteiger partial charge in [-0.15, -0.1) is 0 Å². The normalized spacial score (nSPS) is 11.6. The van der Waals surface area contributed by atoms with Gasteiger partial charge in [-0.2, -0.15) is 5.10 Å². The fourth-order valence-corrected chi connectivity index (χ4v) is 2.82. The quantitative estimate of drug-likeness (QED) is 0.793. The Morgan fingerprint density at radius 3 is 2.42 bits per heavy atom. The first-order valence-corrected chi connectivity index (χ1v) is 7.80. The fraction of sp³-hybridized carbons (Fsp3) is 0.636. The van der Waals surface area contributed by atoms with E-state index in [4.69, 9.17) is 5.14 Å². The number of amides is 1. The number of nitrogens with one attached hydrogen (secondary N) is 1. The van der Waals surface area contributed by atoms with Gasteiger partial charge in [0.1, 0.15) is 4.90 Å². The summed E-state index contributed by atoms with van der Waals surface area (Å²) in [6, 6.07) is 0. The molecule has 3 N–H and O–H groups in total. The van der Waals surface area contributed by atoms with Crippen molar-refractivity contribution in [1.82, 2.24) is 15.1 Å². The number of aromatic amines is 1. The van der Waals surface area contributed by atoms with Gasteiger partial charge in [-0.1, -0.05) is 13.8 Å². The molecule has 0 fully saturated rings. The van der Waals surface area contributed by atoms with Gasteiger partial charge in [0.05, 0.1) is 5.69 Å². The van der Waals surface area contributed by atoms with Crippen LogP contribution in [0.4, 0.5) is 0 Å². The second kappa shape index (κ2) is 6.16. The molecule has 0 saturated carbocycles. The number of aromatic nitrogens is 2. The summed E-state index contributed by atoms with van der Waals surface area (Å²) >= 11 is 0. The molecule has 0 aliphatic carbocycles. The van der Waals surface area contributed by atoms with Crippen molar-refractivity contribution < 1.29 is 13.2 Å². The zero-order chi connectivity index (χ0) is 14.6. The molecule has 7 nitrogen and oxygen atoms in total. The van der Waals surface area contributed by atoms with Crippen LogP contribution in [0, 0.1) is 0 Å². The van der Waals surface area contributed by atoms with E-state index in [0.717, 1.165) is 6.42 Å². The first-order chi connectivity index (χ1) is 8.86. The molecular weight excluding hydrogens is 268 g/mol. The molecular formula is C11H20N4O3S. The third kappa shape index (κ3) is 3.32. The molecule has 0 radical (unpaired) electrons. The van der Waals surface area contributed by atoms with Crippen molar-refractivity contribution in [1.29, 1.82) is 0 Å². The Morgan fingerprint density at radius 1 is 1.37 bits per heavy atom. The summed E-state index contributed by atoms with van der Waals surface area (Å²) in [7, 11) is -3.98. The third-order valence-corrected chi connectivity index (χ3v) is 3.80. The molecule has 0 aromatic carbocycles. The van der Waals surface area contributed by atoms with E-state index in [1.165, 1.54) is 0 Å². The molecule has 0 unspecified atom stereocenters. The second-order valence-electron chi connectivity index (χ2n) is 4.16. The van der Waals surface area contributed by atoms with Crippen molar-refractivity contribution in [2.45, 2.75) is 38.5 Å². The maximum absolute atomic E-state index is 12.3. The summed E-state index contributed by atoms with van der Waals surface area (Å²) in [5, 5.41) is 11.6. The van der Waals surface area contributed by atoms with E-state index in [1.54, 1.807) is 11.8 Å². The van der Waals surface area contributed by atoms with Gasteiger partial charge >= 0.3 is 0 Å². The van der Waals surface area contributed by atoms with Gasteiger partial charge in [-0.3, -0.25) is 9.89 Å². The lowest BCUT2D eigenvalue weighted by molar-refractivity contribution is 0.0754. The van der Waals surface area contributed by atoms with Gasteiger partial charge in [0.15, 0.2) is 5.69 Å². The van der Waals surface area contributed by atoms with Crippen molar-refractivity contribution in [3.8, 4) is 0 Å². The van der Waals surface area contributed by atoms with Crippen molar-refractivity contribution in [3.05, 3.63) is 11.4 Å². The maximum Gasteiger partial charge on any atom is 0.275 e. The highest BCUT2D eigenvalue weighted by atomic mass is 32.2. The van der Waals surface area contributed by atoms with Crippen LogP contribution in [0.25, 0.3) is 0 Å². The summed E-state index contributed by atoms with van der Waals surface area (Å²) < 4.78 is 23.2. The Labute approximate surface area is 113 Å². The maximum atomic E-state index is 12.3. The molecule has 0 atom stereocenters. The number of rotatable bonds is 6. The van der Waals surface area contributed by atoms with Gasteiger partial charge < -0.3 is 4.90 Å². The number of primary sulfonamides is 1. The highest BCUT2D eigenvalue weighted by Gasteiger charge is 2.28. The molecule has 0 spiro atoms. The van der Waals surface area contributed by atoms with Crippen LogP contribution >= 0.6 is 0 Å². The largest absolute Gasteiger partial charge is 0.338 e. The van der Waals surface area contributed by atoms with Gasteiger partial charge in [0.25, 0.3) is 5.91 Å². The van der Waals surface area contributed by atoms with Crippen molar-refractivity contribution in [3.63, 3.8) is 0 Å². The van der Waals surface area contributed by atoms with E-state index >= 15 is 0 Å². The van der Waals surface area contributed by atoms with Crippen LogP contribution in [0.2, 0.25) is 0 Å². The SMILES string of the molecule is CCCN(CC)C(=O)c1n[nH]c(CC)c1S(N)(=O)=O. The predicted octanol–water partition coefficient (Wildman–Crippen LogP) is 0.492. The molecule has 0 aliphatic rings. The monoisotopic (exact) mass is 288 g/mol. The minimum absolute atomic E-state index is 0.116. The number of hydrogen-bond donors (Lipinski definition) is 2. The lowest BCUT2D eigenvalue weighted by atomic mass is 10.2. The zero-order valence-electron chi connectivity index (χ0n) is 11.4. The van der Waals surface area contributed by atoms with Crippen molar-refractivity contribution in [2.24, 2.45) is 5.14 Å². The van der Waals surface area contributed by atoms with E-state index in [9.17, 15) is 13.2 Å². The van der Waals surface area contributed by atoms with Crippen LogP contribution in [0.3, 0.4) is 0 Å². The fourth-order valence-electron chi connectivity index (χ4n) is 1.88. The van der Waals surface area contributed by atoms with Crippen molar-refractivity contribution >= 4 is 15.9 Å². The average Bonchev–Trinajstić information content (AvgIpc) is 2.78. The highest BCUT2D eigenvalue weighted by Crippen LogP contribution is 2.19. The van der Waals surface area contributed by atoms with Crippen LogP contribution in [0.5, 0.6) is 0 Å². The number of H-pyrrole nitrogens is 1. The number of nitrogens with two attached hydrogens (primary N) is 1. The van der Waals surface area contributed by atoms with Crippen LogP contribution < -0.4 is 5.14 Å². The molecule has 8 heteroatoms.